The summed E-state index contributed by atoms with van der Waals surface area (Å²) in [5.74, 6) is 5.38. The third-order valence-corrected chi connectivity index (χ3v) is 2.11. The van der Waals surface area contributed by atoms with Crippen molar-refractivity contribution in [3.8, 4) is 0 Å². The molecule has 66 valence electrons. The summed E-state index contributed by atoms with van der Waals surface area (Å²) in [5.41, 5.74) is 10.1. The monoisotopic (exact) mass is 173 g/mol. The average molecular weight is 173 g/mol. The number of benzene rings is 2. The maximum absolute atomic E-state index is 5.81. The summed E-state index contributed by atoms with van der Waals surface area (Å²) in [7, 11) is 0. The van der Waals surface area contributed by atoms with E-state index in [-0.39, 0.29) is 0 Å². The number of nitrogens with one attached hydrogen (secondary N) is 1. The van der Waals surface area contributed by atoms with Gasteiger partial charge < -0.3 is 11.2 Å². The van der Waals surface area contributed by atoms with E-state index in [4.69, 9.17) is 11.6 Å². The van der Waals surface area contributed by atoms with E-state index >= 15 is 0 Å². The summed E-state index contributed by atoms with van der Waals surface area (Å²) >= 11 is 0. The van der Waals surface area contributed by atoms with Crippen molar-refractivity contribution in [2.75, 3.05) is 11.2 Å². The van der Waals surface area contributed by atoms with Gasteiger partial charge in [0.2, 0.25) is 0 Å². The molecular weight excluding hydrogens is 162 g/mol. The first-order chi connectivity index (χ1) is 6.33. The van der Waals surface area contributed by atoms with Gasteiger partial charge in [-0.25, -0.2) is 0 Å². The first-order valence-electron chi connectivity index (χ1n) is 4.07. The maximum Gasteiger partial charge on any atom is 0.0564 e. The predicted molar refractivity (Wildman–Crippen MR) is 56.2 cm³/mol. The summed E-state index contributed by atoms with van der Waals surface area (Å²) in [5, 5.41) is 2.07. The van der Waals surface area contributed by atoms with Gasteiger partial charge in [0.15, 0.2) is 0 Å². The molecule has 3 nitrogen and oxygen atoms in total. The van der Waals surface area contributed by atoms with Gasteiger partial charge in [-0.05, 0) is 12.1 Å². The Labute approximate surface area is 76.3 Å². The van der Waals surface area contributed by atoms with Crippen LogP contribution in [0.3, 0.4) is 0 Å². The summed E-state index contributed by atoms with van der Waals surface area (Å²) in [6.07, 6.45) is 0. The second-order valence-electron chi connectivity index (χ2n) is 2.89. The minimum absolute atomic E-state index is 0.773. The largest absolute Gasteiger partial charge is 0.398 e. The molecule has 2 aromatic carbocycles. The zero-order valence-corrected chi connectivity index (χ0v) is 7.12. The van der Waals surface area contributed by atoms with Crippen molar-refractivity contribution in [2.24, 2.45) is 5.84 Å². The van der Waals surface area contributed by atoms with Crippen molar-refractivity contribution in [3.63, 3.8) is 0 Å². The molecule has 13 heavy (non-hydrogen) atoms. The van der Waals surface area contributed by atoms with Crippen LogP contribution in [0.4, 0.5) is 11.4 Å². The summed E-state index contributed by atoms with van der Waals surface area (Å²) in [6, 6.07) is 11.6. The normalized spacial score (nSPS) is 10.2. The molecule has 0 atom stereocenters. The van der Waals surface area contributed by atoms with Crippen LogP contribution in [0, 0.1) is 0 Å². The van der Waals surface area contributed by atoms with Crippen molar-refractivity contribution in [3.05, 3.63) is 36.4 Å². The fourth-order valence-corrected chi connectivity index (χ4v) is 1.46. The molecule has 3 heteroatoms. The third-order valence-electron chi connectivity index (χ3n) is 2.11. The minimum atomic E-state index is 0.773. The SMILES string of the molecule is NNc1cccc2c(N)cccc12. The van der Waals surface area contributed by atoms with Crippen LogP contribution in [0.1, 0.15) is 0 Å². The molecule has 0 saturated heterocycles. The molecule has 5 N–H and O–H groups in total. The summed E-state index contributed by atoms with van der Waals surface area (Å²) in [4.78, 5) is 0. The molecule has 0 aliphatic heterocycles. The highest BCUT2D eigenvalue weighted by Gasteiger charge is 2.00. The lowest BCUT2D eigenvalue weighted by atomic mass is 10.1. The molecule has 0 aliphatic carbocycles. The Morgan fingerprint density at radius 3 is 2.38 bits per heavy atom. The fraction of sp³-hybridized carbons (Fsp3) is 0. The van der Waals surface area contributed by atoms with Crippen LogP contribution in [0.5, 0.6) is 0 Å². The van der Waals surface area contributed by atoms with Gasteiger partial charge in [-0.15, -0.1) is 0 Å². The molecular formula is C10H11N3. The van der Waals surface area contributed by atoms with Crippen molar-refractivity contribution in [1.29, 1.82) is 0 Å². The van der Waals surface area contributed by atoms with Gasteiger partial charge >= 0.3 is 0 Å². The lowest BCUT2D eigenvalue weighted by molar-refractivity contribution is 1.37. The first kappa shape index (κ1) is 7.89. The van der Waals surface area contributed by atoms with E-state index in [1.54, 1.807) is 0 Å². The highest BCUT2D eigenvalue weighted by Crippen LogP contribution is 2.26. The van der Waals surface area contributed by atoms with Crippen LogP contribution in [0.2, 0.25) is 0 Å². The maximum atomic E-state index is 5.81. The number of rotatable bonds is 1. The number of hydrogen-bond acceptors (Lipinski definition) is 3. The van der Waals surface area contributed by atoms with Crippen LogP contribution in [0.25, 0.3) is 10.8 Å². The van der Waals surface area contributed by atoms with Gasteiger partial charge in [-0.1, -0.05) is 24.3 Å². The van der Waals surface area contributed by atoms with E-state index in [1.165, 1.54) is 0 Å². The smallest absolute Gasteiger partial charge is 0.0564 e. The summed E-state index contributed by atoms with van der Waals surface area (Å²) in [6.45, 7) is 0. The minimum Gasteiger partial charge on any atom is -0.398 e. The van der Waals surface area contributed by atoms with Gasteiger partial charge in [0.1, 0.15) is 0 Å². The number of nitrogens with two attached hydrogens (primary N) is 2. The lowest BCUT2D eigenvalue weighted by Gasteiger charge is -2.06. The van der Waals surface area contributed by atoms with Gasteiger partial charge in [0.05, 0.1) is 5.69 Å². The zero-order valence-electron chi connectivity index (χ0n) is 7.12. The Morgan fingerprint density at radius 2 is 1.62 bits per heavy atom. The van der Waals surface area contributed by atoms with E-state index < -0.39 is 0 Å². The molecule has 0 amide bonds. The topological polar surface area (TPSA) is 64.1 Å². The number of anilines is 2. The van der Waals surface area contributed by atoms with Gasteiger partial charge in [-0.3, -0.25) is 5.84 Å². The van der Waals surface area contributed by atoms with E-state index in [2.05, 4.69) is 5.43 Å². The Bertz CT molecular complexity index is 437. The highest BCUT2D eigenvalue weighted by molar-refractivity contribution is 6.00. The molecule has 2 aromatic rings. The van der Waals surface area contributed by atoms with Crippen molar-refractivity contribution < 1.29 is 0 Å². The van der Waals surface area contributed by atoms with Gasteiger partial charge in [0, 0.05) is 16.5 Å². The predicted octanol–water partition coefficient (Wildman–Crippen LogP) is 1.71. The quantitative estimate of drug-likeness (QED) is 0.349. The van der Waals surface area contributed by atoms with Crippen LogP contribution < -0.4 is 17.0 Å². The molecule has 2 rings (SSSR count). The number of hydrazine groups is 1. The number of fused-ring (bicyclic) bond motifs is 1. The fourth-order valence-electron chi connectivity index (χ4n) is 1.46. The molecule has 0 aliphatic rings. The number of hydrogen-bond donors (Lipinski definition) is 3. The van der Waals surface area contributed by atoms with Crippen LogP contribution in [0.15, 0.2) is 36.4 Å². The second-order valence-corrected chi connectivity index (χ2v) is 2.89. The second kappa shape index (κ2) is 2.95. The molecule has 0 spiro atoms. The molecule has 0 radical (unpaired) electrons. The van der Waals surface area contributed by atoms with Crippen molar-refractivity contribution in [2.45, 2.75) is 0 Å². The van der Waals surface area contributed by atoms with Crippen LogP contribution in [-0.4, -0.2) is 0 Å². The van der Waals surface area contributed by atoms with E-state index in [1.807, 2.05) is 36.4 Å². The van der Waals surface area contributed by atoms with E-state index in [0.29, 0.717) is 0 Å². The standard InChI is InChI=1S/C10H11N3/c11-9-5-1-4-8-7(9)3-2-6-10(8)13-12/h1-6,13H,11-12H2. The Morgan fingerprint density at radius 1 is 0.923 bits per heavy atom. The van der Waals surface area contributed by atoms with Gasteiger partial charge in [-0.2, -0.15) is 0 Å². The van der Waals surface area contributed by atoms with Crippen molar-refractivity contribution >= 4 is 22.1 Å². The van der Waals surface area contributed by atoms with Gasteiger partial charge in [0.25, 0.3) is 0 Å². The molecule has 0 fully saturated rings. The number of nitrogen functional groups attached to an aromatic ring is 2. The van der Waals surface area contributed by atoms with Crippen molar-refractivity contribution in [1.82, 2.24) is 0 Å². The van der Waals surface area contributed by atoms with Crippen LogP contribution in [-0.2, 0) is 0 Å². The highest BCUT2D eigenvalue weighted by atomic mass is 15.2. The Hall–Kier alpha value is -1.74. The van der Waals surface area contributed by atoms with E-state index in [9.17, 15) is 0 Å². The molecule has 0 heterocycles. The Balaban J connectivity index is 2.84. The average Bonchev–Trinajstić information content (AvgIpc) is 2.18. The zero-order chi connectivity index (χ0) is 9.26. The molecule has 0 saturated carbocycles. The first-order valence-corrected chi connectivity index (χ1v) is 4.07. The molecule has 0 unspecified atom stereocenters. The molecule has 0 aromatic heterocycles. The Kier molecular flexibility index (Phi) is 1.79. The van der Waals surface area contributed by atoms with Crippen LogP contribution >= 0.6 is 0 Å². The summed E-state index contributed by atoms with van der Waals surface area (Å²) < 4.78 is 0. The third kappa shape index (κ3) is 1.19. The molecule has 0 bridgehead atoms. The van der Waals surface area contributed by atoms with E-state index in [0.717, 1.165) is 22.1 Å². The lowest BCUT2D eigenvalue weighted by Crippen LogP contribution is -2.06.